The maximum absolute atomic E-state index is 14.7. The highest BCUT2D eigenvalue weighted by Crippen LogP contribution is 2.67. The van der Waals surface area contributed by atoms with Gasteiger partial charge in [0, 0.05) is 23.0 Å². The predicted octanol–water partition coefficient (Wildman–Crippen LogP) is 4.10. The third-order valence-electron chi connectivity index (χ3n) is 8.74. The molecule has 4 atom stereocenters. The van der Waals surface area contributed by atoms with E-state index in [1.807, 2.05) is 67.6 Å². The molecular formula is C30H27N3O4. The van der Waals surface area contributed by atoms with E-state index in [2.05, 4.69) is 15.5 Å². The van der Waals surface area contributed by atoms with Crippen molar-refractivity contribution >= 4 is 29.0 Å². The van der Waals surface area contributed by atoms with Crippen molar-refractivity contribution in [2.45, 2.75) is 36.8 Å². The molecule has 0 unspecified atom stereocenters. The van der Waals surface area contributed by atoms with Gasteiger partial charge in [-0.3, -0.25) is 19.3 Å². The third kappa shape index (κ3) is 2.52. The van der Waals surface area contributed by atoms with Crippen LogP contribution < -0.4 is 15.4 Å². The van der Waals surface area contributed by atoms with Gasteiger partial charge in [0.1, 0.15) is 16.7 Å². The van der Waals surface area contributed by atoms with Gasteiger partial charge in [0.05, 0.1) is 18.1 Å². The van der Waals surface area contributed by atoms with E-state index >= 15 is 0 Å². The zero-order valence-corrected chi connectivity index (χ0v) is 20.5. The van der Waals surface area contributed by atoms with Gasteiger partial charge in [-0.25, -0.2) is 0 Å². The zero-order chi connectivity index (χ0) is 25.4. The lowest BCUT2D eigenvalue weighted by molar-refractivity contribution is -0.137. The summed E-state index contributed by atoms with van der Waals surface area (Å²) in [5.41, 5.74) is 0.463. The molecule has 7 nitrogen and oxygen atoms in total. The van der Waals surface area contributed by atoms with Crippen LogP contribution in [0, 0.1) is 5.92 Å². The second kappa shape index (κ2) is 7.76. The van der Waals surface area contributed by atoms with E-state index < -0.39 is 16.9 Å². The number of para-hydroxylation sites is 3. The lowest BCUT2D eigenvalue weighted by Gasteiger charge is -2.43. The second-order valence-electron chi connectivity index (χ2n) is 10.2. The number of fused-ring (bicyclic) bond motifs is 7. The molecular weight excluding hydrogens is 466 g/mol. The summed E-state index contributed by atoms with van der Waals surface area (Å²) in [5, 5.41) is 6.15. The first-order valence-corrected chi connectivity index (χ1v) is 12.9. The van der Waals surface area contributed by atoms with Crippen LogP contribution in [0.15, 0.2) is 72.8 Å². The van der Waals surface area contributed by atoms with Gasteiger partial charge in [-0.2, -0.15) is 0 Å². The van der Waals surface area contributed by atoms with E-state index in [9.17, 15) is 14.4 Å². The van der Waals surface area contributed by atoms with E-state index in [1.54, 1.807) is 12.1 Å². The Labute approximate surface area is 214 Å². The summed E-state index contributed by atoms with van der Waals surface area (Å²) in [7, 11) is 0. The molecule has 186 valence electrons. The number of carbonyl (C=O) groups is 3. The first kappa shape index (κ1) is 22.2. The zero-order valence-electron chi connectivity index (χ0n) is 20.5. The van der Waals surface area contributed by atoms with Crippen LogP contribution in [0.2, 0.25) is 0 Å². The molecule has 0 saturated carbocycles. The van der Waals surface area contributed by atoms with Gasteiger partial charge in [-0.05, 0) is 56.1 Å². The molecule has 7 heteroatoms. The standard InChI is InChI=1S/C30H27N3O4/c1-2-37-24-16-8-3-10-18(24)26(34)25-23-15-9-17-33(23)30(20-12-5-7-14-22(20)32-28(30)36)29(25)19-11-4-6-13-21(19)31-27(29)35/h3-8,10-14,16,23,25H,2,9,15,17H2,1H3,(H,31,35)(H,32,36)/t23-,25+,29-,30-/m0/s1. The van der Waals surface area contributed by atoms with Crippen molar-refractivity contribution in [3.63, 3.8) is 0 Å². The number of ether oxygens (including phenoxy) is 1. The largest absolute Gasteiger partial charge is 0.493 e. The summed E-state index contributed by atoms with van der Waals surface area (Å²) >= 11 is 0. The fourth-order valence-electron chi connectivity index (χ4n) is 7.65. The van der Waals surface area contributed by atoms with Crippen molar-refractivity contribution in [3.05, 3.63) is 89.5 Å². The molecule has 2 amide bonds. The summed E-state index contributed by atoms with van der Waals surface area (Å²) in [6, 6.07) is 22.0. The molecule has 0 radical (unpaired) electrons. The van der Waals surface area contributed by atoms with Crippen LogP contribution in [0.25, 0.3) is 0 Å². The second-order valence-corrected chi connectivity index (χ2v) is 10.2. The van der Waals surface area contributed by atoms with Crippen molar-refractivity contribution in [2.75, 3.05) is 23.8 Å². The molecule has 2 N–H and O–H groups in total. The smallest absolute Gasteiger partial charge is 0.251 e. The molecule has 4 aliphatic rings. The molecule has 0 aromatic heterocycles. The lowest BCUT2D eigenvalue weighted by Crippen LogP contribution is -2.62. The Bertz CT molecular complexity index is 1480. The minimum atomic E-state index is -1.44. The number of nitrogens with one attached hydrogen (secondary N) is 2. The molecule has 7 rings (SSSR count). The Kier molecular flexibility index (Phi) is 4.67. The first-order chi connectivity index (χ1) is 18.1. The van der Waals surface area contributed by atoms with Gasteiger partial charge in [0.25, 0.3) is 5.91 Å². The van der Waals surface area contributed by atoms with E-state index in [-0.39, 0.29) is 23.6 Å². The molecule has 0 aliphatic carbocycles. The Balaban J connectivity index is 1.57. The molecule has 2 spiro atoms. The predicted molar refractivity (Wildman–Crippen MR) is 139 cm³/mol. The molecule has 2 saturated heterocycles. The molecule has 4 heterocycles. The van der Waals surface area contributed by atoms with Crippen LogP contribution >= 0.6 is 0 Å². The van der Waals surface area contributed by atoms with E-state index in [4.69, 9.17) is 4.74 Å². The number of nitrogens with zero attached hydrogens (tertiary/aromatic N) is 1. The van der Waals surface area contributed by atoms with Crippen LogP contribution in [-0.2, 0) is 20.5 Å². The topological polar surface area (TPSA) is 87.7 Å². The van der Waals surface area contributed by atoms with Crippen LogP contribution in [0.1, 0.15) is 41.3 Å². The van der Waals surface area contributed by atoms with Crippen molar-refractivity contribution < 1.29 is 19.1 Å². The Hall–Kier alpha value is -3.97. The fourth-order valence-corrected chi connectivity index (χ4v) is 7.65. The van der Waals surface area contributed by atoms with E-state index in [0.717, 1.165) is 18.4 Å². The van der Waals surface area contributed by atoms with Crippen LogP contribution in [-0.4, -0.2) is 41.7 Å². The van der Waals surface area contributed by atoms with E-state index in [1.165, 1.54) is 0 Å². The van der Waals surface area contributed by atoms with Gasteiger partial charge < -0.3 is 15.4 Å². The Morgan fingerprint density at radius 3 is 2.35 bits per heavy atom. The van der Waals surface area contributed by atoms with Crippen molar-refractivity contribution in [2.24, 2.45) is 5.92 Å². The molecule has 2 fully saturated rings. The van der Waals surface area contributed by atoms with Crippen molar-refractivity contribution in [1.29, 1.82) is 0 Å². The normalized spacial score (nSPS) is 29.2. The number of amides is 2. The number of Topliss-reactive ketones (excluding diaryl/α,β-unsaturated/α-hetero) is 1. The van der Waals surface area contributed by atoms with Gasteiger partial charge in [-0.1, -0.05) is 48.5 Å². The highest BCUT2D eigenvalue weighted by Gasteiger charge is 2.81. The average Bonchev–Trinajstić information content (AvgIpc) is 3.63. The number of anilines is 2. The molecule has 0 bridgehead atoms. The number of hydrogen-bond acceptors (Lipinski definition) is 5. The van der Waals surface area contributed by atoms with Crippen LogP contribution in [0.4, 0.5) is 11.4 Å². The maximum Gasteiger partial charge on any atom is 0.251 e. The van der Waals surface area contributed by atoms with Crippen molar-refractivity contribution in [3.8, 4) is 5.75 Å². The molecule has 4 aliphatic heterocycles. The lowest BCUT2D eigenvalue weighted by atomic mass is 9.57. The summed E-state index contributed by atoms with van der Waals surface area (Å²) in [6.07, 6.45) is 1.57. The van der Waals surface area contributed by atoms with Gasteiger partial charge in [0.15, 0.2) is 5.78 Å². The summed E-state index contributed by atoms with van der Waals surface area (Å²) in [6.45, 7) is 2.92. The minimum absolute atomic E-state index is 0.165. The summed E-state index contributed by atoms with van der Waals surface area (Å²) < 4.78 is 5.86. The summed E-state index contributed by atoms with van der Waals surface area (Å²) in [4.78, 5) is 45.7. The third-order valence-corrected chi connectivity index (χ3v) is 8.74. The number of carbonyl (C=O) groups excluding carboxylic acids is 3. The molecule has 3 aromatic rings. The average molecular weight is 494 g/mol. The van der Waals surface area contributed by atoms with Gasteiger partial charge >= 0.3 is 0 Å². The monoisotopic (exact) mass is 493 g/mol. The molecule has 37 heavy (non-hydrogen) atoms. The van der Waals surface area contributed by atoms with Crippen molar-refractivity contribution in [1.82, 2.24) is 4.90 Å². The number of ketones is 1. The van der Waals surface area contributed by atoms with Gasteiger partial charge in [0.2, 0.25) is 5.91 Å². The quantitative estimate of drug-likeness (QED) is 0.535. The summed E-state index contributed by atoms with van der Waals surface area (Å²) in [5.74, 6) is -0.999. The Morgan fingerprint density at radius 1 is 0.919 bits per heavy atom. The Morgan fingerprint density at radius 2 is 1.57 bits per heavy atom. The fraction of sp³-hybridized carbons (Fsp3) is 0.300. The van der Waals surface area contributed by atoms with E-state index in [0.29, 0.717) is 41.4 Å². The maximum atomic E-state index is 14.7. The number of benzene rings is 3. The minimum Gasteiger partial charge on any atom is -0.493 e. The van der Waals surface area contributed by atoms with Crippen LogP contribution in [0.3, 0.4) is 0 Å². The van der Waals surface area contributed by atoms with Crippen LogP contribution in [0.5, 0.6) is 5.75 Å². The number of rotatable bonds is 4. The number of hydrogen-bond donors (Lipinski definition) is 2. The first-order valence-electron chi connectivity index (χ1n) is 12.9. The SMILES string of the molecule is CCOc1ccccc1C(=O)[C@H]1[C@@H]2CCCN2[C@@]2(C(=O)Nc3ccccc32)[C@]12C(=O)Nc1ccccc12. The highest BCUT2D eigenvalue weighted by molar-refractivity contribution is 6.21. The van der Waals surface area contributed by atoms with Gasteiger partial charge in [-0.15, -0.1) is 0 Å². The molecule has 3 aromatic carbocycles. The highest BCUT2D eigenvalue weighted by atomic mass is 16.5.